The molecule has 3 amide bonds. The highest BCUT2D eigenvalue weighted by Gasteiger charge is 2.31. The Kier molecular flexibility index (Phi) is 5.17. The molecule has 2 N–H and O–H groups in total. The van der Waals surface area contributed by atoms with Gasteiger partial charge in [-0.05, 0) is 24.3 Å². The lowest BCUT2D eigenvalue weighted by Gasteiger charge is -2.38. The molecular formula is C16H24N4O2S. The maximum Gasteiger partial charge on any atom is 0.314 e. The highest BCUT2D eigenvalue weighted by atomic mass is 32.1. The van der Waals surface area contributed by atoms with Crippen LogP contribution < -0.4 is 5.73 Å². The van der Waals surface area contributed by atoms with Gasteiger partial charge in [0.25, 0.3) is 0 Å². The number of amides is 3. The number of primary amides is 1. The second kappa shape index (κ2) is 7.31. The highest BCUT2D eigenvalue weighted by molar-refractivity contribution is 7.09. The summed E-state index contributed by atoms with van der Waals surface area (Å²) in [6.45, 7) is 5.50. The summed E-state index contributed by atoms with van der Waals surface area (Å²) in [5, 5.41) is 2.10. The third-order valence-corrected chi connectivity index (χ3v) is 5.59. The minimum atomic E-state index is -0.414. The van der Waals surface area contributed by atoms with E-state index >= 15 is 0 Å². The van der Waals surface area contributed by atoms with Gasteiger partial charge < -0.3 is 15.5 Å². The molecule has 0 aliphatic carbocycles. The summed E-state index contributed by atoms with van der Waals surface area (Å²) in [6, 6.07) is 3.82. The van der Waals surface area contributed by atoms with Crippen molar-refractivity contribution in [3.05, 3.63) is 22.4 Å². The monoisotopic (exact) mass is 336 g/mol. The Balaban J connectivity index is 1.49. The van der Waals surface area contributed by atoms with E-state index in [-0.39, 0.29) is 11.8 Å². The van der Waals surface area contributed by atoms with Crippen LogP contribution in [0.5, 0.6) is 0 Å². The first-order valence-corrected chi connectivity index (χ1v) is 9.09. The SMILES string of the molecule is NC(=O)N1CCCC(C(=O)N2CCN(Cc3cccs3)CC2)C1. The van der Waals surface area contributed by atoms with E-state index in [2.05, 4.69) is 22.4 Å². The Bertz CT molecular complexity index is 540. The molecule has 1 aromatic rings. The van der Waals surface area contributed by atoms with Gasteiger partial charge in [-0.1, -0.05) is 6.07 Å². The summed E-state index contributed by atoms with van der Waals surface area (Å²) in [7, 11) is 0. The molecule has 126 valence electrons. The van der Waals surface area contributed by atoms with E-state index in [4.69, 9.17) is 5.73 Å². The number of piperazine rings is 1. The molecule has 0 spiro atoms. The van der Waals surface area contributed by atoms with Crippen molar-refractivity contribution < 1.29 is 9.59 Å². The Morgan fingerprint density at radius 2 is 1.96 bits per heavy atom. The summed E-state index contributed by atoms with van der Waals surface area (Å²) in [5.74, 6) is 0.104. The van der Waals surface area contributed by atoms with Crippen molar-refractivity contribution >= 4 is 23.3 Å². The minimum Gasteiger partial charge on any atom is -0.351 e. The smallest absolute Gasteiger partial charge is 0.314 e. The minimum absolute atomic E-state index is 0.0832. The van der Waals surface area contributed by atoms with Crippen LogP contribution in [-0.2, 0) is 11.3 Å². The van der Waals surface area contributed by atoms with Gasteiger partial charge in [0.15, 0.2) is 0 Å². The van der Waals surface area contributed by atoms with Crippen molar-refractivity contribution in [2.24, 2.45) is 11.7 Å². The number of carbonyl (C=O) groups is 2. The first-order chi connectivity index (χ1) is 11.1. The quantitative estimate of drug-likeness (QED) is 0.901. The fourth-order valence-corrected chi connectivity index (χ4v) is 4.13. The lowest BCUT2D eigenvalue weighted by atomic mass is 9.96. The maximum atomic E-state index is 12.7. The van der Waals surface area contributed by atoms with Gasteiger partial charge in [-0.3, -0.25) is 9.69 Å². The van der Waals surface area contributed by atoms with Crippen molar-refractivity contribution in [2.75, 3.05) is 39.3 Å². The molecule has 2 fully saturated rings. The number of hydrogen-bond acceptors (Lipinski definition) is 4. The van der Waals surface area contributed by atoms with Gasteiger partial charge in [0.2, 0.25) is 5.91 Å². The second-order valence-electron chi connectivity index (χ2n) is 6.30. The second-order valence-corrected chi connectivity index (χ2v) is 7.34. The number of nitrogens with two attached hydrogens (primary N) is 1. The fraction of sp³-hybridized carbons (Fsp3) is 0.625. The number of likely N-dealkylation sites (tertiary alicyclic amines) is 1. The van der Waals surface area contributed by atoms with E-state index in [1.54, 1.807) is 16.2 Å². The predicted octanol–water partition coefficient (Wildman–Crippen LogP) is 1.18. The van der Waals surface area contributed by atoms with Gasteiger partial charge in [0, 0.05) is 50.7 Å². The van der Waals surface area contributed by atoms with Crippen LogP contribution in [0.2, 0.25) is 0 Å². The van der Waals surface area contributed by atoms with E-state index in [0.29, 0.717) is 13.1 Å². The predicted molar refractivity (Wildman–Crippen MR) is 90.1 cm³/mol. The number of nitrogens with zero attached hydrogens (tertiary/aromatic N) is 3. The average Bonchev–Trinajstić information content (AvgIpc) is 3.08. The van der Waals surface area contributed by atoms with Crippen LogP contribution in [0.15, 0.2) is 17.5 Å². The lowest BCUT2D eigenvalue weighted by molar-refractivity contribution is -0.138. The zero-order valence-electron chi connectivity index (χ0n) is 13.3. The maximum absolute atomic E-state index is 12.7. The Labute approximate surface area is 140 Å². The summed E-state index contributed by atoms with van der Waals surface area (Å²) in [5.41, 5.74) is 5.35. The van der Waals surface area contributed by atoms with Crippen LogP contribution in [0, 0.1) is 5.92 Å². The largest absolute Gasteiger partial charge is 0.351 e. The molecule has 1 aromatic heterocycles. The van der Waals surface area contributed by atoms with Crippen molar-refractivity contribution in [2.45, 2.75) is 19.4 Å². The van der Waals surface area contributed by atoms with Crippen LogP contribution in [0.3, 0.4) is 0 Å². The van der Waals surface area contributed by atoms with Gasteiger partial charge in [0.1, 0.15) is 0 Å². The Hall–Kier alpha value is -1.60. The summed E-state index contributed by atoms with van der Waals surface area (Å²) in [4.78, 5) is 31.3. The van der Waals surface area contributed by atoms with Crippen molar-refractivity contribution in [1.29, 1.82) is 0 Å². The molecule has 0 aromatic carbocycles. The van der Waals surface area contributed by atoms with Gasteiger partial charge in [-0.25, -0.2) is 4.79 Å². The number of piperidine rings is 1. The summed E-state index contributed by atoms with van der Waals surface area (Å²) in [6.07, 6.45) is 1.72. The zero-order chi connectivity index (χ0) is 16.2. The fourth-order valence-electron chi connectivity index (χ4n) is 3.39. The third-order valence-electron chi connectivity index (χ3n) is 4.73. The van der Waals surface area contributed by atoms with Crippen LogP contribution in [0.25, 0.3) is 0 Å². The molecule has 2 aliphatic rings. The summed E-state index contributed by atoms with van der Waals surface area (Å²) >= 11 is 1.78. The van der Waals surface area contributed by atoms with Crippen LogP contribution in [0.4, 0.5) is 4.79 Å². The molecule has 6 nitrogen and oxygen atoms in total. The van der Waals surface area contributed by atoms with Gasteiger partial charge in [-0.15, -0.1) is 11.3 Å². The van der Waals surface area contributed by atoms with E-state index in [1.807, 2.05) is 4.90 Å². The van der Waals surface area contributed by atoms with Crippen LogP contribution >= 0.6 is 11.3 Å². The highest BCUT2D eigenvalue weighted by Crippen LogP contribution is 2.20. The molecule has 2 saturated heterocycles. The van der Waals surface area contributed by atoms with Gasteiger partial charge in [0.05, 0.1) is 5.92 Å². The Morgan fingerprint density at radius 1 is 1.17 bits per heavy atom. The summed E-state index contributed by atoms with van der Waals surface area (Å²) < 4.78 is 0. The molecule has 0 saturated carbocycles. The lowest BCUT2D eigenvalue weighted by Crippen LogP contribution is -2.53. The number of rotatable bonds is 3. The first-order valence-electron chi connectivity index (χ1n) is 8.21. The van der Waals surface area contributed by atoms with E-state index in [9.17, 15) is 9.59 Å². The molecule has 3 rings (SSSR count). The number of carbonyl (C=O) groups excluding carboxylic acids is 2. The number of thiophene rings is 1. The molecule has 3 heterocycles. The van der Waals surface area contributed by atoms with Crippen molar-refractivity contribution in [3.63, 3.8) is 0 Å². The Morgan fingerprint density at radius 3 is 2.61 bits per heavy atom. The average molecular weight is 336 g/mol. The molecule has 1 unspecified atom stereocenters. The molecule has 0 bridgehead atoms. The normalized spacial score (nSPS) is 23.0. The molecule has 23 heavy (non-hydrogen) atoms. The zero-order valence-corrected chi connectivity index (χ0v) is 14.1. The van der Waals surface area contributed by atoms with E-state index in [0.717, 1.165) is 45.6 Å². The first kappa shape index (κ1) is 16.3. The molecule has 0 radical (unpaired) electrons. The molecule has 2 aliphatic heterocycles. The number of urea groups is 1. The topological polar surface area (TPSA) is 69.9 Å². The molecule has 7 heteroatoms. The van der Waals surface area contributed by atoms with Gasteiger partial charge >= 0.3 is 6.03 Å². The standard InChI is InChI=1S/C16H24N4O2S/c17-16(22)20-5-1-3-13(11-20)15(21)19-8-6-18(7-9-19)12-14-4-2-10-23-14/h2,4,10,13H,1,3,5-9,11-12H2,(H2,17,22). The van der Waals surface area contributed by atoms with Crippen molar-refractivity contribution in [3.8, 4) is 0 Å². The van der Waals surface area contributed by atoms with E-state index in [1.165, 1.54) is 4.88 Å². The van der Waals surface area contributed by atoms with E-state index < -0.39 is 6.03 Å². The van der Waals surface area contributed by atoms with Crippen molar-refractivity contribution in [1.82, 2.24) is 14.7 Å². The third kappa shape index (κ3) is 4.03. The molecular weight excluding hydrogens is 312 g/mol. The van der Waals surface area contributed by atoms with Gasteiger partial charge in [-0.2, -0.15) is 0 Å². The van der Waals surface area contributed by atoms with Crippen LogP contribution in [-0.4, -0.2) is 65.9 Å². The van der Waals surface area contributed by atoms with Crippen LogP contribution in [0.1, 0.15) is 17.7 Å². The molecule has 1 atom stereocenters. The number of hydrogen-bond donors (Lipinski definition) is 1.